The molecule has 20 heteroatoms. The quantitative estimate of drug-likeness (QED) is 0.0395. The minimum absolute atomic E-state index is 0.0256. The monoisotopic (exact) mass is 862 g/mol. The summed E-state index contributed by atoms with van der Waals surface area (Å²) in [7, 11) is 1.50. The molecule has 0 rings (SSSR count). The van der Waals surface area contributed by atoms with Gasteiger partial charge in [-0.15, -0.1) is 11.8 Å². The number of thioether (sulfide) groups is 1. The Labute approximate surface area is 350 Å². The van der Waals surface area contributed by atoms with Gasteiger partial charge < -0.3 is 48.1 Å². The highest BCUT2D eigenvalue weighted by molar-refractivity contribution is 8.02. The topological polar surface area (TPSA) is 365 Å². The fourth-order valence-corrected chi connectivity index (χ4v) is 4.28. The van der Waals surface area contributed by atoms with Gasteiger partial charge in [-0.25, -0.2) is 0 Å². The second kappa shape index (κ2) is 35.3. The number of carboxylic acids is 4. The Balaban J connectivity index is -0.000000343. The van der Waals surface area contributed by atoms with Crippen LogP contribution in [0.5, 0.6) is 0 Å². The summed E-state index contributed by atoms with van der Waals surface area (Å²) in [4.78, 5) is 109. The van der Waals surface area contributed by atoms with Crippen molar-refractivity contribution in [2.45, 2.75) is 135 Å². The number of rotatable bonds is 29. The Morgan fingerprint density at radius 2 is 0.864 bits per heavy atom. The van der Waals surface area contributed by atoms with Crippen LogP contribution in [0.2, 0.25) is 0 Å². The molecule has 0 aromatic heterocycles. The Morgan fingerprint density at radius 1 is 0.542 bits per heavy atom. The van der Waals surface area contributed by atoms with E-state index in [0.29, 0.717) is 25.0 Å². The van der Waals surface area contributed by atoms with Gasteiger partial charge in [-0.05, 0) is 57.1 Å². The molecule has 0 heterocycles. The number of allylic oxidation sites excluding steroid dienone is 2. The normalized spacial score (nSPS) is 13.2. The number of carbonyl (C=O) groups excluding carboxylic acids is 6. The van der Waals surface area contributed by atoms with E-state index in [0.717, 1.165) is 4.91 Å². The molecule has 59 heavy (non-hydrogen) atoms. The van der Waals surface area contributed by atoms with Crippen LogP contribution in [0.4, 0.5) is 0 Å². The standard InChI is InChI=1S/C11H19NO4.C10H17NO4.C10H17NO3S.C8H13NO4/c1-7(8(2)16-3)6-9(13)4-5-10(12)11(14)15;1-6(7(2)12)5-8(13)3-4-9(11)10(14)15;1-7(15-2)3-4-8(12)5-6-9(11)10(13)14;1-5(10)4-6(11)2-3-7(9)8(12)13/h7,10H,2,4-6,12H2,1,3H3,(H,14,15);6,9H,3-5,11H2,1-2H3,(H,14,15);9H,1,3-6,11H2,2H3,(H,13,14);7H,2-4,9H2,1H3,(H,12,13). The van der Waals surface area contributed by atoms with E-state index in [9.17, 15) is 47.9 Å². The average molecular weight is 863 g/mol. The Kier molecular flexibility index (Phi) is 36.5. The summed E-state index contributed by atoms with van der Waals surface area (Å²) < 4.78 is 4.91. The van der Waals surface area contributed by atoms with E-state index in [-0.39, 0.29) is 111 Å². The van der Waals surface area contributed by atoms with Gasteiger partial charge in [0.1, 0.15) is 58.9 Å². The molecule has 0 saturated carbocycles. The highest BCUT2D eigenvalue weighted by Crippen LogP contribution is 2.17. The van der Waals surface area contributed by atoms with Crippen molar-refractivity contribution < 1.29 is 73.1 Å². The predicted octanol–water partition coefficient (Wildman–Crippen LogP) is 2.43. The SMILES string of the molecule is C=C(CCC(=O)CCC(N)C(=O)O)SC.C=C(OC)C(C)CC(=O)CCC(N)C(=O)O.CC(=O)C(C)CC(=O)CCC(N)C(=O)O.CC(=O)CC(=O)CCC(N)C(=O)O. The van der Waals surface area contributed by atoms with E-state index in [4.69, 9.17) is 48.1 Å². The number of carboxylic acid groups (broad SMARTS) is 4. The van der Waals surface area contributed by atoms with E-state index in [1.165, 1.54) is 32.7 Å². The zero-order valence-electron chi connectivity index (χ0n) is 35.1. The maximum atomic E-state index is 11.5. The Morgan fingerprint density at radius 3 is 1.15 bits per heavy atom. The van der Waals surface area contributed by atoms with E-state index >= 15 is 0 Å². The van der Waals surface area contributed by atoms with Crippen LogP contribution in [0.3, 0.4) is 0 Å². The molecule has 19 nitrogen and oxygen atoms in total. The third kappa shape index (κ3) is 38.6. The zero-order chi connectivity index (χ0) is 47.0. The Bertz CT molecular complexity index is 1430. The van der Waals surface area contributed by atoms with Gasteiger partial charge in [0.05, 0.1) is 19.3 Å². The minimum atomic E-state index is -1.13. The van der Waals surface area contributed by atoms with Crippen LogP contribution in [-0.4, -0.2) is 117 Å². The van der Waals surface area contributed by atoms with Crippen LogP contribution in [0, 0.1) is 11.8 Å². The molecule has 0 radical (unpaired) electrons. The number of carbonyl (C=O) groups is 10. The number of ether oxygens (including phenoxy) is 1. The molecule has 0 aliphatic carbocycles. The first-order chi connectivity index (χ1) is 27.1. The minimum Gasteiger partial charge on any atom is -0.501 e. The summed E-state index contributed by atoms with van der Waals surface area (Å²) in [6.07, 6.45) is 4.48. The molecule has 0 aromatic rings. The van der Waals surface area contributed by atoms with Crippen LogP contribution in [0.1, 0.15) is 111 Å². The van der Waals surface area contributed by atoms with Gasteiger partial charge >= 0.3 is 23.9 Å². The first-order valence-corrected chi connectivity index (χ1v) is 19.8. The molecule has 0 aliphatic rings. The summed E-state index contributed by atoms with van der Waals surface area (Å²) in [6, 6.07) is -3.92. The number of aliphatic carboxylic acids is 4. The zero-order valence-corrected chi connectivity index (χ0v) is 35.9. The molecule has 0 saturated heterocycles. The van der Waals surface area contributed by atoms with Gasteiger partial charge in [0.2, 0.25) is 0 Å². The summed E-state index contributed by atoms with van der Waals surface area (Å²) in [5.41, 5.74) is 21.0. The molecule has 0 aliphatic heterocycles. The van der Waals surface area contributed by atoms with Crippen molar-refractivity contribution in [3.63, 3.8) is 0 Å². The number of methoxy groups -OCH3 is 1. The van der Waals surface area contributed by atoms with Crippen LogP contribution in [-0.2, 0) is 52.7 Å². The van der Waals surface area contributed by atoms with Gasteiger partial charge in [-0.1, -0.05) is 27.0 Å². The first kappa shape index (κ1) is 61.0. The van der Waals surface area contributed by atoms with Crippen molar-refractivity contribution in [2.24, 2.45) is 34.8 Å². The van der Waals surface area contributed by atoms with Crippen molar-refractivity contribution in [2.75, 3.05) is 13.4 Å². The van der Waals surface area contributed by atoms with Crippen LogP contribution < -0.4 is 22.9 Å². The smallest absolute Gasteiger partial charge is 0.320 e. The summed E-state index contributed by atoms with van der Waals surface area (Å²) >= 11 is 1.53. The molecule has 0 spiro atoms. The van der Waals surface area contributed by atoms with Crippen molar-refractivity contribution in [1.82, 2.24) is 0 Å². The van der Waals surface area contributed by atoms with Crippen molar-refractivity contribution in [1.29, 1.82) is 0 Å². The first-order valence-electron chi connectivity index (χ1n) is 18.6. The fourth-order valence-electron chi connectivity index (χ4n) is 3.98. The van der Waals surface area contributed by atoms with Crippen LogP contribution in [0.25, 0.3) is 0 Å². The third-order valence-corrected chi connectivity index (χ3v) is 8.98. The predicted molar refractivity (Wildman–Crippen MR) is 221 cm³/mol. The van der Waals surface area contributed by atoms with E-state index < -0.39 is 48.0 Å². The lowest BCUT2D eigenvalue weighted by Gasteiger charge is -2.12. The largest absolute Gasteiger partial charge is 0.501 e. The molecule has 0 amide bonds. The highest BCUT2D eigenvalue weighted by Gasteiger charge is 2.19. The number of nitrogens with two attached hydrogens (primary N) is 4. The molecular weight excluding hydrogens is 797 g/mol. The average Bonchev–Trinajstić information content (AvgIpc) is 3.15. The fraction of sp³-hybridized carbons (Fsp3) is 0.641. The molecule has 6 atom stereocenters. The van der Waals surface area contributed by atoms with E-state index in [1.807, 2.05) is 13.2 Å². The lowest BCUT2D eigenvalue weighted by atomic mass is 9.97. The highest BCUT2D eigenvalue weighted by atomic mass is 32.2. The molecule has 0 fully saturated rings. The number of hydrogen-bond donors (Lipinski definition) is 8. The van der Waals surface area contributed by atoms with Crippen LogP contribution in [0.15, 0.2) is 23.8 Å². The Hall–Kier alpha value is -4.63. The lowest BCUT2D eigenvalue weighted by Crippen LogP contribution is -2.30. The van der Waals surface area contributed by atoms with Gasteiger partial charge in [0.25, 0.3) is 0 Å². The second-order valence-corrected chi connectivity index (χ2v) is 14.7. The second-order valence-electron chi connectivity index (χ2n) is 13.7. The van der Waals surface area contributed by atoms with Crippen molar-refractivity contribution >= 4 is 70.3 Å². The molecule has 6 unspecified atom stereocenters. The van der Waals surface area contributed by atoms with Gasteiger partial charge in [-0.2, -0.15) is 0 Å². The van der Waals surface area contributed by atoms with E-state index in [1.54, 1.807) is 6.92 Å². The third-order valence-electron chi connectivity index (χ3n) is 8.20. The van der Waals surface area contributed by atoms with Gasteiger partial charge in [0.15, 0.2) is 0 Å². The number of Topliss-reactive ketones (excluding diaryl/α,β-unsaturated/α-hetero) is 6. The molecule has 0 bridgehead atoms. The number of ketones is 6. The molecule has 12 N–H and O–H groups in total. The molecular formula is C39H66N4O15S. The summed E-state index contributed by atoms with van der Waals surface area (Å²) in [6.45, 7) is 13.7. The summed E-state index contributed by atoms with van der Waals surface area (Å²) in [5, 5.41) is 33.9. The van der Waals surface area contributed by atoms with Gasteiger partial charge in [-0.3, -0.25) is 47.9 Å². The van der Waals surface area contributed by atoms with Crippen LogP contribution >= 0.6 is 11.8 Å². The lowest BCUT2D eigenvalue weighted by molar-refractivity contribution is -0.139. The number of hydrogen-bond acceptors (Lipinski definition) is 16. The van der Waals surface area contributed by atoms with Gasteiger partial charge in [0, 0.05) is 56.8 Å². The van der Waals surface area contributed by atoms with Crippen molar-refractivity contribution in [3.8, 4) is 0 Å². The molecule has 338 valence electrons. The maximum absolute atomic E-state index is 11.5. The molecule has 0 aromatic carbocycles. The van der Waals surface area contributed by atoms with E-state index in [2.05, 4.69) is 13.2 Å². The van der Waals surface area contributed by atoms with Crippen molar-refractivity contribution in [3.05, 3.63) is 23.8 Å². The maximum Gasteiger partial charge on any atom is 0.320 e. The summed E-state index contributed by atoms with van der Waals surface area (Å²) in [5.74, 6) is -4.79.